The number of alkyl halides is 10. The molecule has 0 spiro atoms. The van der Waals surface area contributed by atoms with Gasteiger partial charge in [0.1, 0.15) is 17.0 Å². The molecule has 1 aromatic carbocycles. The van der Waals surface area contributed by atoms with E-state index in [0.29, 0.717) is 19.9 Å². The van der Waals surface area contributed by atoms with Crippen molar-refractivity contribution in [2.24, 2.45) is 7.05 Å². The van der Waals surface area contributed by atoms with Crippen molar-refractivity contribution in [2.45, 2.75) is 42.0 Å². The Labute approximate surface area is 244 Å². The molecular formula is C22H16ClF10N5O5S. The molecule has 1 aliphatic carbocycles. The van der Waals surface area contributed by atoms with Crippen LogP contribution in [0.5, 0.6) is 5.88 Å². The molecule has 4 rings (SSSR count). The minimum atomic E-state index is -7.62. The topological polar surface area (TPSA) is 128 Å². The van der Waals surface area contributed by atoms with Gasteiger partial charge in [-0.15, -0.1) is 5.10 Å². The number of carbonyl (C=O) groups excluding carboxylic acids is 1. The van der Waals surface area contributed by atoms with E-state index in [4.69, 9.17) is 16.1 Å². The second kappa shape index (κ2) is 10.5. The van der Waals surface area contributed by atoms with Crippen LogP contribution in [-0.2, 0) is 23.3 Å². The summed E-state index contributed by atoms with van der Waals surface area (Å²) < 4.78 is 167. The van der Waals surface area contributed by atoms with Crippen molar-refractivity contribution in [1.82, 2.24) is 25.6 Å². The molecule has 0 atom stereocenters. The fourth-order valence-electron chi connectivity index (χ4n) is 3.94. The van der Waals surface area contributed by atoms with Crippen LogP contribution in [0.3, 0.4) is 0 Å². The van der Waals surface area contributed by atoms with Crippen molar-refractivity contribution in [2.75, 3.05) is 7.05 Å². The summed E-state index contributed by atoms with van der Waals surface area (Å²) in [6, 6.07) is 4.52. The SMILES string of the molecule is CNC1(NC(=O)c2cc(-c3cc(-c4c(C(F)(F)F)c(OS(=O)(=O)C(F)(C(F)(F)F)C(F)(F)F)nn4C)no3)ccc2Cl)CC1. The van der Waals surface area contributed by atoms with Gasteiger partial charge in [-0.3, -0.25) is 14.8 Å². The number of amides is 1. The van der Waals surface area contributed by atoms with E-state index in [-0.39, 0.29) is 26.6 Å². The minimum Gasteiger partial charge on any atom is -0.357 e. The summed E-state index contributed by atoms with van der Waals surface area (Å²) in [4.78, 5) is 12.8. The number of nitrogens with one attached hydrogen (secondary N) is 2. The molecule has 3 aromatic rings. The smallest absolute Gasteiger partial charge is 0.357 e. The Morgan fingerprint density at radius 1 is 1.05 bits per heavy atom. The first kappa shape index (κ1) is 33.3. The van der Waals surface area contributed by atoms with Gasteiger partial charge in [0.2, 0.25) is 0 Å². The zero-order valence-corrected chi connectivity index (χ0v) is 23.2. The van der Waals surface area contributed by atoms with Crippen molar-refractivity contribution in [1.29, 1.82) is 0 Å². The van der Waals surface area contributed by atoms with Crippen LogP contribution in [0.1, 0.15) is 28.8 Å². The van der Waals surface area contributed by atoms with Gasteiger partial charge in [-0.1, -0.05) is 16.8 Å². The second-order valence-electron chi connectivity index (χ2n) is 9.34. The molecule has 1 fully saturated rings. The summed E-state index contributed by atoms with van der Waals surface area (Å²) in [5.74, 6) is -3.31. The fraction of sp³-hybridized carbons (Fsp3) is 0.409. The van der Waals surface area contributed by atoms with Gasteiger partial charge in [0.05, 0.1) is 16.2 Å². The van der Waals surface area contributed by atoms with E-state index in [1.54, 1.807) is 7.05 Å². The molecule has 242 valence electrons. The van der Waals surface area contributed by atoms with Crippen molar-refractivity contribution in [3.63, 3.8) is 0 Å². The summed E-state index contributed by atoms with van der Waals surface area (Å²) in [5.41, 5.74) is -5.10. The number of aryl methyl sites for hydroxylation is 1. The van der Waals surface area contributed by atoms with E-state index in [1.807, 2.05) is 0 Å². The first-order valence-electron chi connectivity index (χ1n) is 11.7. The van der Waals surface area contributed by atoms with Crippen LogP contribution in [0, 0.1) is 0 Å². The van der Waals surface area contributed by atoms with Gasteiger partial charge in [-0.05, 0) is 38.1 Å². The Morgan fingerprint density at radius 3 is 2.14 bits per heavy atom. The lowest BCUT2D eigenvalue weighted by Crippen LogP contribution is -2.60. The third-order valence-electron chi connectivity index (χ3n) is 6.39. The van der Waals surface area contributed by atoms with E-state index in [9.17, 15) is 57.1 Å². The lowest BCUT2D eigenvalue weighted by molar-refractivity contribution is -0.307. The molecule has 0 unspecified atom stereocenters. The number of benzene rings is 1. The molecule has 1 aliphatic rings. The van der Waals surface area contributed by atoms with Gasteiger partial charge in [0.25, 0.3) is 11.8 Å². The Bertz CT molecular complexity index is 1700. The highest BCUT2D eigenvalue weighted by Gasteiger charge is 2.82. The number of nitrogens with zero attached hydrogens (tertiary/aromatic N) is 3. The normalized spacial score (nSPS) is 15.8. The summed E-state index contributed by atoms with van der Waals surface area (Å²) in [6.07, 6.45) is -19.0. The molecule has 0 bridgehead atoms. The molecular weight excluding hydrogens is 672 g/mol. The predicted octanol–water partition coefficient (Wildman–Crippen LogP) is 5.35. The van der Waals surface area contributed by atoms with Gasteiger partial charge >= 0.3 is 33.6 Å². The standard InChI is InChI=1S/C22H16ClF10N5O5S/c1-34-18(5-6-18)35-16(39)10-7-9(3-4-11(10)23)13-8-12(37-42-13)15-14(19(24,25)26)17(36-38(15)2)43-44(40,41)20(27,21(28,29)30)22(31,32)33/h3-4,7-8,34H,5-6H2,1-2H3,(H,35,39). The average molecular weight is 688 g/mol. The summed E-state index contributed by atoms with van der Waals surface area (Å²) in [7, 11) is -5.33. The van der Waals surface area contributed by atoms with E-state index in [1.165, 1.54) is 18.2 Å². The van der Waals surface area contributed by atoms with Crippen LogP contribution in [0.4, 0.5) is 43.9 Å². The van der Waals surface area contributed by atoms with E-state index >= 15 is 0 Å². The van der Waals surface area contributed by atoms with Crippen LogP contribution in [0.25, 0.3) is 22.7 Å². The van der Waals surface area contributed by atoms with Gasteiger partial charge < -0.3 is 14.0 Å². The molecule has 10 nitrogen and oxygen atoms in total. The summed E-state index contributed by atoms with van der Waals surface area (Å²) >= 11 is 6.11. The first-order valence-corrected chi connectivity index (χ1v) is 13.5. The molecule has 0 radical (unpaired) electrons. The summed E-state index contributed by atoms with van der Waals surface area (Å²) in [6.45, 7) is 0. The zero-order chi connectivity index (χ0) is 33.3. The number of hydrogen-bond donors (Lipinski definition) is 2. The largest absolute Gasteiger partial charge is 0.450 e. The highest BCUT2D eigenvalue weighted by Crippen LogP contribution is 2.51. The maximum atomic E-state index is 14.2. The van der Waals surface area contributed by atoms with Gasteiger partial charge in [0.15, 0.2) is 5.76 Å². The number of rotatable bonds is 8. The first-order chi connectivity index (χ1) is 20.0. The molecule has 0 aliphatic heterocycles. The van der Waals surface area contributed by atoms with Gasteiger partial charge in [-0.2, -0.15) is 47.9 Å². The number of carbonyl (C=O) groups is 1. The van der Waals surface area contributed by atoms with Gasteiger partial charge in [-0.25, -0.2) is 4.39 Å². The third-order valence-corrected chi connectivity index (χ3v) is 8.25. The van der Waals surface area contributed by atoms with Crippen LogP contribution in [0.15, 0.2) is 28.8 Å². The third kappa shape index (κ3) is 5.67. The molecule has 1 saturated carbocycles. The Kier molecular flexibility index (Phi) is 7.95. The van der Waals surface area contributed by atoms with Crippen molar-refractivity contribution in [3.8, 4) is 28.6 Å². The average Bonchev–Trinajstić information content (AvgIpc) is 3.32. The van der Waals surface area contributed by atoms with E-state index in [0.717, 1.165) is 6.07 Å². The van der Waals surface area contributed by atoms with Gasteiger partial charge in [0, 0.05) is 18.7 Å². The van der Waals surface area contributed by atoms with E-state index in [2.05, 4.69) is 25.1 Å². The maximum Gasteiger partial charge on any atom is 0.450 e. The summed E-state index contributed by atoms with van der Waals surface area (Å²) in [5, 5.41) is 4.82. The Balaban J connectivity index is 1.76. The second-order valence-corrected chi connectivity index (χ2v) is 11.4. The van der Waals surface area contributed by atoms with Crippen molar-refractivity contribution >= 4 is 27.6 Å². The molecule has 44 heavy (non-hydrogen) atoms. The minimum absolute atomic E-state index is 0.0199. The van der Waals surface area contributed by atoms with Crippen LogP contribution in [-0.4, -0.2) is 59.3 Å². The maximum absolute atomic E-state index is 14.2. The zero-order valence-electron chi connectivity index (χ0n) is 21.7. The predicted molar refractivity (Wildman–Crippen MR) is 128 cm³/mol. The lowest BCUT2D eigenvalue weighted by atomic mass is 10.1. The van der Waals surface area contributed by atoms with Crippen LogP contribution in [0.2, 0.25) is 5.02 Å². The highest BCUT2D eigenvalue weighted by atomic mass is 35.5. The number of hydrogen-bond acceptors (Lipinski definition) is 8. The quantitative estimate of drug-likeness (QED) is 0.184. The lowest BCUT2D eigenvalue weighted by Gasteiger charge is -2.28. The van der Waals surface area contributed by atoms with Crippen molar-refractivity contribution < 1.29 is 65.8 Å². The molecule has 0 saturated heterocycles. The molecule has 2 heterocycles. The number of halogens is 11. The number of aromatic nitrogens is 3. The molecule has 1 amide bonds. The fourth-order valence-corrected chi connectivity index (χ4v) is 5.14. The highest BCUT2D eigenvalue weighted by molar-refractivity contribution is 7.88. The van der Waals surface area contributed by atoms with E-state index < -0.39 is 68.0 Å². The molecule has 22 heteroatoms. The Morgan fingerprint density at radius 2 is 1.64 bits per heavy atom. The van der Waals surface area contributed by atoms with Crippen molar-refractivity contribution in [3.05, 3.63) is 40.4 Å². The monoisotopic (exact) mass is 687 g/mol. The molecule has 2 N–H and O–H groups in total. The molecule has 2 aromatic heterocycles. The Hall–Kier alpha value is -3.59. The van der Waals surface area contributed by atoms with Crippen LogP contribution < -0.4 is 14.8 Å². The van der Waals surface area contributed by atoms with Crippen LogP contribution >= 0.6 is 11.6 Å².